The molecular weight excluding hydrogens is 388 g/mol. The Morgan fingerprint density at radius 1 is 0.963 bits per heavy atom. The molecule has 0 bridgehead atoms. The van der Waals surface area contributed by atoms with Gasteiger partial charge in [-0.15, -0.1) is 0 Å². The van der Waals surface area contributed by atoms with E-state index in [4.69, 9.17) is 11.6 Å². The van der Waals surface area contributed by atoms with Crippen LogP contribution in [0.5, 0.6) is 0 Å². The zero-order valence-electron chi connectivity index (χ0n) is 15.3. The van der Waals surface area contributed by atoms with Gasteiger partial charge in [0.25, 0.3) is 0 Å². The minimum atomic E-state index is -3.80. The Morgan fingerprint density at radius 2 is 1.52 bits per heavy atom. The lowest BCUT2D eigenvalue weighted by Gasteiger charge is -2.13. The summed E-state index contributed by atoms with van der Waals surface area (Å²) in [4.78, 5) is 24.0. The molecular formula is C19H21ClN2O4S. The van der Waals surface area contributed by atoms with Crippen LogP contribution in [0.15, 0.2) is 41.3 Å². The smallest absolute Gasteiger partial charge is 0.243 e. The second kappa shape index (κ2) is 8.54. The monoisotopic (exact) mass is 408 g/mol. The van der Waals surface area contributed by atoms with Gasteiger partial charge in [0, 0.05) is 10.7 Å². The van der Waals surface area contributed by atoms with Crippen LogP contribution in [0.3, 0.4) is 0 Å². The van der Waals surface area contributed by atoms with Crippen molar-refractivity contribution in [2.45, 2.75) is 25.7 Å². The van der Waals surface area contributed by atoms with Gasteiger partial charge in [-0.05, 0) is 56.2 Å². The number of amides is 2. The first kappa shape index (κ1) is 20.9. The molecule has 0 saturated heterocycles. The van der Waals surface area contributed by atoms with Gasteiger partial charge in [0.2, 0.25) is 11.8 Å². The summed E-state index contributed by atoms with van der Waals surface area (Å²) in [5.74, 6) is -1.93. The summed E-state index contributed by atoms with van der Waals surface area (Å²) >= 11 is 5.73. The van der Waals surface area contributed by atoms with Gasteiger partial charge in [0.05, 0.1) is 11.4 Å². The third-order valence-electron chi connectivity index (χ3n) is 3.88. The molecule has 0 unspecified atom stereocenters. The fourth-order valence-corrected chi connectivity index (χ4v) is 3.98. The number of anilines is 1. The topological polar surface area (TPSA) is 92.3 Å². The average molecular weight is 409 g/mol. The SMILES string of the molecule is Cc1cc(C)c(NC(=O)CNC(=O)CS(=O)(=O)c2ccc(Cl)cc2)c(C)c1. The number of aryl methyl sites for hydroxylation is 3. The summed E-state index contributed by atoms with van der Waals surface area (Å²) in [6.07, 6.45) is 0. The number of hydrogen-bond donors (Lipinski definition) is 2. The van der Waals surface area contributed by atoms with Crippen LogP contribution in [-0.4, -0.2) is 32.5 Å². The number of carbonyl (C=O) groups is 2. The number of nitrogens with one attached hydrogen (secondary N) is 2. The van der Waals surface area contributed by atoms with Crippen LogP contribution in [0.2, 0.25) is 5.02 Å². The third-order valence-corrected chi connectivity index (χ3v) is 5.77. The lowest BCUT2D eigenvalue weighted by molar-refractivity contribution is -0.122. The van der Waals surface area contributed by atoms with Gasteiger partial charge < -0.3 is 10.6 Å². The highest BCUT2D eigenvalue weighted by atomic mass is 35.5. The maximum absolute atomic E-state index is 12.2. The van der Waals surface area contributed by atoms with Gasteiger partial charge in [-0.25, -0.2) is 8.42 Å². The third kappa shape index (κ3) is 5.80. The van der Waals surface area contributed by atoms with E-state index >= 15 is 0 Å². The first-order valence-electron chi connectivity index (χ1n) is 8.21. The highest BCUT2D eigenvalue weighted by Crippen LogP contribution is 2.21. The van der Waals surface area contributed by atoms with Crippen molar-refractivity contribution >= 4 is 38.9 Å². The molecule has 2 amide bonds. The van der Waals surface area contributed by atoms with E-state index < -0.39 is 27.4 Å². The van der Waals surface area contributed by atoms with Gasteiger partial charge in [-0.2, -0.15) is 0 Å². The predicted molar refractivity (Wildman–Crippen MR) is 106 cm³/mol. The van der Waals surface area contributed by atoms with Crippen molar-refractivity contribution in [1.82, 2.24) is 5.32 Å². The lowest BCUT2D eigenvalue weighted by Crippen LogP contribution is -2.36. The molecule has 27 heavy (non-hydrogen) atoms. The van der Waals surface area contributed by atoms with Crippen molar-refractivity contribution in [3.05, 3.63) is 58.1 Å². The molecule has 0 aliphatic heterocycles. The maximum Gasteiger partial charge on any atom is 0.243 e. The van der Waals surface area contributed by atoms with Crippen molar-refractivity contribution in [3.8, 4) is 0 Å². The standard InChI is InChI=1S/C19H21ClN2O4S/c1-12-8-13(2)19(14(3)9-12)22-17(23)10-21-18(24)11-27(25,26)16-6-4-15(20)5-7-16/h4-9H,10-11H2,1-3H3,(H,21,24)(H,22,23). The Labute approximate surface area is 163 Å². The minimum absolute atomic E-state index is 0.00240. The van der Waals surface area contributed by atoms with Crippen molar-refractivity contribution in [3.63, 3.8) is 0 Å². The Hall–Kier alpha value is -2.38. The van der Waals surface area contributed by atoms with E-state index in [0.29, 0.717) is 10.7 Å². The second-order valence-electron chi connectivity index (χ2n) is 6.31. The molecule has 0 saturated carbocycles. The Kier molecular flexibility index (Phi) is 6.62. The van der Waals surface area contributed by atoms with Crippen LogP contribution in [0, 0.1) is 20.8 Å². The molecule has 144 valence electrons. The van der Waals surface area contributed by atoms with Crippen molar-refractivity contribution in [2.75, 3.05) is 17.6 Å². The zero-order chi connectivity index (χ0) is 20.2. The summed E-state index contributed by atoms with van der Waals surface area (Å²) in [5, 5.41) is 5.48. The van der Waals surface area contributed by atoms with E-state index in [0.717, 1.165) is 16.7 Å². The Balaban J connectivity index is 1.93. The van der Waals surface area contributed by atoms with E-state index in [2.05, 4.69) is 10.6 Å². The summed E-state index contributed by atoms with van der Waals surface area (Å²) in [6, 6.07) is 9.43. The van der Waals surface area contributed by atoms with E-state index in [1.807, 2.05) is 32.9 Å². The fourth-order valence-electron chi connectivity index (χ4n) is 2.69. The first-order chi connectivity index (χ1) is 12.6. The second-order valence-corrected chi connectivity index (χ2v) is 8.74. The normalized spacial score (nSPS) is 11.1. The van der Waals surface area contributed by atoms with Crippen LogP contribution < -0.4 is 10.6 Å². The number of sulfone groups is 1. The van der Waals surface area contributed by atoms with Gasteiger partial charge in [-0.1, -0.05) is 29.3 Å². The molecule has 0 spiro atoms. The molecule has 0 fully saturated rings. The number of benzene rings is 2. The van der Waals surface area contributed by atoms with E-state index in [-0.39, 0.29) is 11.4 Å². The van der Waals surface area contributed by atoms with Crippen LogP contribution in [0.25, 0.3) is 0 Å². The number of rotatable bonds is 6. The molecule has 2 N–H and O–H groups in total. The average Bonchev–Trinajstić information content (AvgIpc) is 2.56. The summed E-state index contributed by atoms with van der Waals surface area (Å²) in [5.41, 5.74) is 3.60. The maximum atomic E-state index is 12.2. The number of hydrogen-bond acceptors (Lipinski definition) is 4. The van der Waals surface area contributed by atoms with E-state index in [1.54, 1.807) is 0 Å². The molecule has 2 rings (SSSR count). The molecule has 0 aliphatic rings. The molecule has 2 aromatic carbocycles. The van der Waals surface area contributed by atoms with Crippen LogP contribution in [-0.2, 0) is 19.4 Å². The van der Waals surface area contributed by atoms with Crippen LogP contribution in [0.1, 0.15) is 16.7 Å². The molecule has 0 atom stereocenters. The molecule has 6 nitrogen and oxygen atoms in total. The van der Waals surface area contributed by atoms with Gasteiger partial charge in [0.1, 0.15) is 5.75 Å². The van der Waals surface area contributed by atoms with Crippen molar-refractivity contribution in [1.29, 1.82) is 0 Å². The number of halogens is 1. The highest BCUT2D eigenvalue weighted by Gasteiger charge is 2.20. The summed E-state index contributed by atoms with van der Waals surface area (Å²) < 4.78 is 24.4. The lowest BCUT2D eigenvalue weighted by atomic mass is 10.1. The van der Waals surface area contributed by atoms with Crippen molar-refractivity contribution in [2.24, 2.45) is 0 Å². The molecule has 0 radical (unpaired) electrons. The van der Waals surface area contributed by atoms with Crippen LogP contribution in [0.4, 0.5) is 5.69 Å². The molecule has 2 aromatic rings. The van der Waals surface area contributed by atoms with E-state index in [9.17, 15) is 18.0 Å². The Bertz CT molecular complexity index is 947. The zero-order valence-corrected chi connectivity index (χ0v) is 16.9. The van der Waals surface area contributed by atoms with Gasteiger partial charge in [0.15, 0.2) is 9.84 Å². The van der Waals surface area contributed by atoms with E-state index in [1.165, 1.54) is 24.3 Å². The summed E-state index contributed by atoms with van der Waals surface area (Å²) in [7, 11) is -3.80. The molecule has 0 aliphatic carbocycles. The summed E-state index contributed by atoms with van der Waals surface area (Å²) in [6.45, 7) is 5.41. The Morgan fingerprint density at radius 3 is 2.07 bits per heavy atom. The highest BCUT2D eigenvalue weighted by molar-refractivity contribution is 7.92. The quantitative estimate of drug-likeness (QED) is 0.768. The van der Waals surface area contributed by atoms with Crippen molar-refractivity contribution < 1.29 is 18.0 Å². The minimum Gasteiger partial charge on any atom is -0.346 e. The predicted octanol–water partition coefficient (Wildman–Crippen LogP) is 2.79. The fraction of sp³-hybridized carbons (Fsp3) is 0.263. The number of carbonyl (C=O) groups excluding carboxylic acids is 2. The van der Waals surface area contributed by atoms with Gasteiger partial charge in [-0.3, -0.25) is 9.59 Å². The molecule has 0 aromatic heterocycles. The first-order valence-corrected chi connectivity index (χ1v) is 10.2. The van der Waals surface area contributed by atoms with Crippen LogP contribution >= 0.6 is 11.6 Å². The van der Waals surface area contributed by atoms with Gasteiger partial charge >= 0.3 is 0 Å². The molecule has 0 heterocycles. The largest absolute Gasteiger partial charge is 0.346 e. The molecule has 8 heteroatoms.